The molecule has 0 radical (unpaired) electrons. The Bertz CT molecular complexity index is 2360. The highest BCUT2D eigenvalue weighted by Gasteiger charge is 2.57. The van der Waals surface area contributed by atoms with Crippen LogP contribution in [0.25, 0.3) is 17.1 Å². The Balaban J connectivity index is 1.55. The zero-order chi connectivity index (χ0) is 46.9. The molecule has 21 heteroatoms. The highest BCUT2D eigenvalue weighted by molar-refractivity contribution is 5.88. The number of rotatable bonds is 9. The Kier molecular flexibility index (Phi) is 8.16. The third kappa shape index (κ3) is 6.10. The molecule has 0 fully saturated rings. The number of hydrogen-bond donors (Lipinski definition) is 0. The quantitative estimate of drug-likeness (QED) is 0.111. The van der Waals surface area contributed by atoms with E-state index in [1.54, 1.807) is 83.1 Å². The van der Waals surface area contributed by atoms with Gasteiger partial charge in [0.25, 0.3) is 17.1 Å². The second-order valence-electron chi connectivity index (χ2n) is 18.5. The van der Waals surface area contributed by atoms with Gasteiger partial charge in [-0.15, -0.1) is 0 Å². The van der Waals surface area contributed by atoms with Crippen LogP contribution in [0.1, 0.15) is 122 Å². The SMILES string of the molecule is C=C(c1c2c(c(C(c3c4c(c(C(=C)[N+](=O)[O-])c5c3OC(C)(C)O5)OC(C)(C)O4)c3c4c(c(C(=C)[N+](=O)[O-])c5c3OC(C)(C)O5)OC(C)(C)O4)c3c1OC(C)(C)O3)OC(C)(C)O2)[N+](=O)[O-]. The average Bonchev–Trinajstić information content (AvgIpc) is 3.95. The second kappa shape index (κ2) is 12.4. The van der Waals surface area contributed by atoms with Crippen molar-refractivity contribution in [3.8, 4) is 69.0 Å². The van der Waals surface area contributed by atoms with Crippen molar-refractivity contribution >= 4 is 17.1 Å². The standard InChI is InChI=1S/C43H43N3O18/c1-16(44(47)48)19-26-32(59-38(4,5)53-26)23(33-27(19)54-39(6,7)60-33)22(24-34-28(55-40(8,9)61-34)20(17(2)45(49)50)29-35(24)62-41(10,11)56-29)25-36-30(57-42(12,13)63-36)21(18(3)46(51)52)31-37(25)64-43(14,15)58-31/h22H,1-3H2,4-15H3. The molecule has 6 heterocycles. The van der Waals surface area contributed by atoms with Crippen molar-refractivity contribution < 1.29 is 71.6 Å². The van der Waals surface area contributed by atoms with Gasteiger partial charge in [0.1, 0.15) is 16.7 Å². The normalized spacial score (nSPS) is 20.0. The van der Waals surface area contributed by atoms with Crippen LogP contribution in [0, 0.1) is 30.3 Å². The molecule has 3 aromatic carbocycles. The minimum Gasteiger partial charge on any atom is -0.449 e. The zero-order valence-corrected chi connectivity index (χ0v) is 36.9. The van der Waals surface area contributed by atoms with Crippen LogP contribution in [0.15, 0.2) is 19.7 Å². The van der Waals surface area contributed by atoms with Crippen molar-refractivity contribution in [1.29, 1.82) is 0 Å². The van der Waals surface area contributed by atoms with Gasteiger partial charge < -0.3 is 56.8 Å². The summed E-state index contributed by atoms with van der Waals surface area (Å²) >= 11 is 0. The van der Waals surface area contributed by atoms with Gasteiger partial charge in [0.15, 0.2) is 69.0 Å². The molecule has 3 aromatic rings. The lowest BCUT2D eigenvalue weighted by atomic mass is 9.79. The third-order valence-corrected chi connectivity index (χ3v) is 10.6. The summed E-state index contributed by atoms with van der Waals surface area (Å²) in [5.74, 6) is -12.4. The molecule has 0 N–H and O–H groups in total. The van der Waals surface area contributed by atoms with Crippen LogP contribution >= 0.6 is 0 Å². The highest BCUT2D eigenvalue weighted by Crippen LogP contribution is 2.71. The topological polar surface area (TPSA) is 240 Å². The van der Waals surface area contributed by atoms with Crippen molar-refractivity contribution in [2.45, 2.75) is 124 Å². The number of benzene rings is 3. The van der Waals surface area contributed by atoms with Gasteiger partial charge in [-0.25, -0.2) is 0 Å². The maximum atomic E-state index is 12.6. The van der Waals surface area contributed by atoms with Gasteiger partial charge in [0.05, 0.1) is 37.4 Å². The van der Waals surface area contributed by atoms with Gasteiger partial charge in [-0.3, -0.25) is 30.3 Å². The van der Waals surface area contributed by atoms with Crippen LogP contribution in [-0.2, 0) is 0 Å². The lowest BCUT2D eigenvalue weighted by molar-refractivity contribution is -0.375. The first-order chi connectivity index (χ1) is 29.3. The van der Waals surface area contributed by atoms with Crippen LogP contribution < -0.4 is 56.8 Å². The minimum atomic E-state index is -1.54. The Morgan fingerprint density at radius 2 is 0.484 bits per heavy atom. The number of fused-ring (bicyclic) bond motifs is 6. The summed E-state index contributed by atoms with van der Waals surface area (Å²) in [6.07, 6.45) is 0. The summed E-state index contributed by atoms with van der Waals surface area (Å²) in [4.78, 5) is 35.6. The molecule has 0 saturated carbocycles. The summed E-state index contributed by atoms with van der Waals surface area (Å²) in [6.45, 7) is 30.1. The maximum absolute atomic E-state index is 12.6. The van der Waals surface area contributed by atoms with Crippen molar-refractivity contribution in [3.05, 3.63) is 83.5 Å². The fourth-order valence-corrected chi connectivity index (χ4v) is 8.58. The predicted octanol–water partition coefficient (Wildman–Crippen LogP) is 8.65. The lowest BCUT2D eigenvalue weighted by Gasteiger charge is -2.28. The van der Waals surface area contributed by atoms with Crippen LogP contribution in [-0.4, -0.2) is 49.5 Å². The monoisotopic (exact) mass is 889 g/mol. The Morgan fingerprint density at radius 1 is 0.344 bits per heavy atom. The summed E-state index contributed by atoms with van der Waals surface area (Å²) in [5.41, 5.74) is -2.38. The fourth-order valence-electron chi connectivity index (χ4n) is 8.58. The van der Waals surface area contributed by atoms with E-state index in [-0.39, 0.29) is 102 Å². The van der Waals surface area contributed by atoms with Gasteiger partial charge in [-0.05, 0) is 19.7 Å². The molecule has 0 aliphatic carbocycles. The molecule has 0 atom stereocenters. The Labute approximate surface area is 364 Å². The van der Waals surface area contributed by atoms with Gasteiger partial charge >= 0.3 is 0 Å². The molecule has 0 amide bonds. The first kappa shape index (κ1) is 42.0. The van der Waals surface area contributed by atoms with Gasteiger partial charge in [-0.1, -0.05) is 0 Å². The summed E-state index contributed by atoms with van der Waals surface area (Å²) in [5, 5.41) is 37.8. The van der Waals surface area contributed by atoms with Gasteiger partial charge in [-0.2, -0.15) is 0 Å². The Morgan fingerprint density at radius 3 is 0.625 bits per heavy atom. The number of nitrogens with zero attached hydrogens (tertiary/aromatic N) is 3. The third-order valence-electron chi connectivity index (χ3n) is 10.6. The van der Waals surface area contributed by atoms with E-state index in [1.165, 1.54) is 0 Å². The first-order valence-electron chi connectivity index (χ1n) is 19.8. The molecule has 0 spiro atoms. The number of nitro groups is 3. The van der Waals surface area contributed by atoms with Crippen molar-refractivity contribution in [2.75, 3.05) is 0 Å². The van der Waals surface area contributed by atoms with E-state index in [2.05, 4.69) is 19.7 Å². The van der Waals surface area contributed by atoms with E-state index in [1.807, 2.05) is 0 Å². The molecular formula is C43H43N3O18. The van der Waals surface area contributed by atoms with Crippen LogP contribution in [0.3, 0.4) is 0 Å². The molecule has 21 nitrogen and oxygen atoms in total. The molecule has 338 valence electrons. The van der Waals surface area contributed by atoms with Gasteiger partial charge in [0.2, 0.25) is 34.7 Å². The lowest BCUT2D eigenvalue weighted by Crippen LogP contribution is -2.32. The Hall–Kier alpha value is -7.32. The number of hydrogen-bond acceptors (Lipinski definition) is 18. The minimum absolute atomic E-state index is 0.0276. The van der Waals surface area contributed by atoms with Crippen LogP contribution in [0.4, 0.5) is 0 Å². The molecule has 0 aromatic heterocycles. The molecule has 0 saturated heterocycles. The fraction of sp³-hybridized carbons (Fsp3) is 0.442. The first-order valence-corrected chi connectivity index (χ1v) is 19.8. The summed E-state index contributed by atoms with van der Waals surface area (Å²) in [7, 11) is 0. The predicted molar refractivity (Wildman–Crippen MR) is 220 cm³/mol. The molecule has 0 bridgehead atoms. The largest absolute Gasteiger partial charge is 0.449 e. The number of ether oxygens (including phenoxy) is 12. The molecule has 6 aliphatic heterocycles. The van der Waals surface area contributed by atoms with Crippen molar-refractivity contribution in [3.63, 3.8) is 0 Å². The zero-order valence-electron chi connectivity index (χ0n) is 36.9. The van der Waals surface area contributed by atoms with E-state index in [0.29, 0.717) is 0 Å². The van der Waals surface area contributed by atoms with Crippen molar-refractivity contribution in [2.24, 2.45) is 0 Å². The summed E-state index contributed by atoms with van der Waals surface area (Å²) < 4.78 is 78.1. The van der Waals surface area contributed by atoms with E-state index >= 15 is 0 Å². The van der Waals surface area contributed by atoms with Crippen molar-refractivity contribution in [1.82, 2.24) is 0 Å². The van der Waals surface area contributed by atoms with E-state index in [9.17, 15) is 30.3 Å². The maximum Gasteiger partial charge on any atom is 0.277 e. The van der Waals surface area contributed by atoms with Crippen LogP contribution in [0.2, 0.25) is 0 Å². The average molecular weight is 890 g/mol. The molecule has 6 aliphatic rings. The summed E-state index contributed by atoms with van der Waals surface area (Å²) in [6, 6.07) is 0. The second-order valence-corrected chi connectivity index (χ2v) is 18.5. The van der Waals surface area contributed by atoms with E-state index < -0.39 is 72.5 Å². The highest BCUT2D eigenvalue weighted by atomic mass is 16.8. The molecule has 0 unspecified atom stereocenters. The molecule has 9 rings (SSSR count). The smallest absolute Gasteiger partial charge is 0.277 e. The molecular weight excluding hydrogens is 846 g/mol. The van der Waals surface area contributed by atoms with Crippen LogP contribution in [0.5, 0.6) is 69.0 Å². The molecule has 64 heavy (non-hydrogen) atoms. The van der Waals surface area contributed by atoms with E-state index in [0.717, 1.165) is 0 Å². The van der Waals surface area contributed by atoms with E-state index in [4.69, 9.17) is 56.8 Å². The van der Waals surface area contributed by atoms with Gasteiger partial charge in [0, 0.05) is 83.1 Å².